The Labute approximate surface area is 109 Å². The van der Waals surface area contributed by atoms with Gasteiger partial charge in [-0.2, -0.15) is 11.8 Å². The molecule has 0 atom stereocenters. The third-order valence-corrected chi connectivity index (χ3v) is 4.87. The van der Waals surface area contributed by atoms with Crippen molar-refractivity contribution < 1.29 is 0 Å². The number of rotatable bonds is 4. The van der Waals surface area contributed by atoms with Crippen LogP contribution in [0.3, 0.4) is 0 Å². The molecule has 1 saturated carbocycles. The summed E-state index contributed by atoms with van der Waals surface area (Å²) in [5.41, 5.74) is 2.67. The van der Waals surface area contributed by atoms with Crippen molar-refractivity contribution in [1.29, 1.82) is 0 Å². The minimum absolute atomic E-state index is 0.706. The lowest BCUT2D eigenvalue weighted by Crippen LogP contribution is -2.33. The Morgan fingerprint density at radius 3 is 2.76 bits per heavy atom. The highest BCUT2D eigenvalue weighted by molar-refractivity contribution is 7.99. The Kier molecular flexibility index (Phi) is 4.86. The summed E-state index contributed by atoms with van der Waals surface area (Å²) >= 11 is 2.03. The molecule has 1 aromatic heterocycles. The lowest BCUT2D eigenvalue weighted by molar-refractivity contribution is 0.378. The molecule has 0 unspecified atom stereocenters. The summed E-state index contributed by atoms with van der Waals surface area (Å²) in [6.45, 7) is 3.12. The third-order valence-electron chi connectivity index (χ3n) is 3.74. The fourth-order valence-electron chi connectivity index (χ4n) is 2.44. The number of pyridine rings is 1. The van der Waals surface area contributed by atoms with Gasteiger partial charge in [0.15, 0.2) is 0 Å². The van der Waals surface area contributed by atoms with Crippen LogP contribution in [-0.4, -0.2) is 22.5 Å². The highest BCUT2D eigenvalue weighted by Gasteiger charge is 2.19. The van der Waals surface area contributed by atoms with Crippen molar-refractivity contribution in [2.75, 3.05) is 6.26 Å². The summed E-state index contributed by atoms with van der Waals surface area (Å²) in [7, 11) is 0. The van der Waals surface area contributed by atoms with Gasteiger partial charge in [0.25, 0.3) is 0 Å². The third kappa shape index (κ3) is 3.71. The molecule has 1 aromatic rings. The van der Waals surface area contributed by atoms with Crippen LogP contribution in [0.1, 0.15) is 36.8 Å². The molecule has 0 amide bonds. The second-order valence-electron chi connectivity index (χ2n) is 4.89. The number of nitrogens with zero attached hydrogens (tertiary/aromatic N) is 1. The predicted molar refractivity (Wildman–Crippen MR) is 75.4 cm³/mol. The molecule has 0 radical (unpaired) electrons. The molecular weight excluding hydrogens is 228 g/mol. The first kappa shape index (κ1) is 12.9. The molecule has 1 fully saturated rings. The van der Waals surface area contributed by atoms with Crippen LogP contribution >= 0.6 is 11.8 Å². The van der Waals surface area contributed by atoms with E-state index < -0.39 is 0 Å². The predicted octanol–water partition coefficient (Wildman–Crippen LogP) is 3.15. The van der Waals surface area contributed by atoms with Gasteiger partial charge in [-0.1, -0.05) is 0 Å². The van der Waals surface area contributed by atoms with Crippen molar-refractivity contribution in [3.8, 4) is 0 Å². The first-order valence-electron chi connectivity index (χ1n) is 6.45. The molecule has 2 rings (SSSR count). The number of hydrogen-bond donors (Lipinski definition) is 1. The Balaban J connectivity index is 1.78. The lowest BCUT2D eigenvalue weighted by atomic mass is 9.95. The molecule has 1 heterocycles. The Morgan fingerprint density at radius 2 is 2.12 bits per heavy atom. The van der Waals surface area contributed by atoms with Gasteiger partial charge in [-0.25, -0.2) is 0 Å². The average Bonchev–Trinajstić information content (AvgIpc) is 2.38. The lowest BCUT2D eigenvalue weighted by Gasteiger charge is -2.28. The van der Waals surface area contributed by atoms with Gasteiger partial charge in [0, 0.05) is 30.2 Å². The van der Waals surface area contributed by atoms with Gasteiger partial charge < -0.3 is 5.32 Å². The van der Waals surface area contributed by atoms with E-state index in [0.717, 1.165) is 11.8 Å². The van der Waals surface area contributed by atoms with Crippen molar-refractivity contribution >= 4 is 11.8 Å². The zero-order valence-electron chi connectivity index (χ0n) is 10.8. The molecular formula is C14H22N2S. The molecule has 0 aliphatic heterocycles. The van der Waals surface area contributed by atoms with E-state index in [0.29, 0.717) is 6.04 Å². The first-order valence-corrected chi connectivity index (χ1v) is 7.74. The average molecular weight is 250 g/mol. The van der Waals surface area contributed by atoms with Gasteiger partial charge in [0.1, 0.15) is 0 Å². The summed E-state index contributed by atoms with van der Waals surface area (Å²) < 4.78 is 0. The van der Waals surface area contributed by atoms with E-state index in [4.69, 9.17) is 0 Å². The molecule has 0 bridgehead atoms. The zero-order chi connectivity index (χ0) is 12.1. The van der Waals surface area contributed by atoms with Gasteiger partial charge in [-0.05, 0) is 56.1 Å². The van der Waals surface area contributed by atoms with E-state index in [1.165, 1.54) is 36.8 Å². The topological polar surface area (TPSA) is 24.9 Å². The van der Waals surface area contributed by atoms with Crippen LogP contribution in [0.25, 0.3) is 0 Å². The Morgan fingerprint density at radius 1 is 1.35 bits per heavy atom. The number of nitrogens with one attached hydrogen (secondary N) is 1. The van der Waals surface area contributed by atoms with Crippen LogP contribution in [0.2, 0.25) is 0 Å². The highest BCUT2D eigenvalue weighted by atomic mass is 32.2. The molecule has 94 valence electrons. The fourth-order valence-corrected chi connectivity index (χ4v) is 3.18. The normalized spacial score (nSPS) is 24.8. The van der Waals surface area contributed by atoms with Crippen LogP contribution in [0.4, 0.5) is 0 Å². The molecule has 3 heteroatoms. The molecule has 0 spiro atoms. The molecule has 0 saturated heterocycles. The SMILES string of the molecule is CSC1CCC(NCc2cnccc2C)CC1. The summed E-state index contributed by atoms with van der Waals surface area (Å²) in [4.78, 5) is 4.19. The van der Waals surface area contributed by atoms with E-state index in [1.807, 2.05) is 24.2 Å². The summed E-state index contributed by atoms with van der Waals surface area (Å²) in [6, 6.07) is 2.79. The number of aromatic nitrogens is 1. The summed E-state index contributed by atoms with van der Waals surface area (Å²) in [5, 5.41) is 4.57. The molecule has 0 aromatic carbocycles. The Hall–Kier alpha value is -0.540. The molecule has 17 heavy (non-hydrogen) atoms. The van der Waals surface area contributed by atoms with Crippen molar-refractivity contribution in [2.24, 2.45) is 0 Å². The first-order chi connectivity index (χ1) is 8.29. The van der Waals surface area contributed by atoms with Gasteiger partial charge in [0.05, 0.1) is 0 Å². The molecule has 2 nitrogen and oxygen atoms in total. The standard InChI is InChI=1S/C14H22N2S/c1-11-7-8-15-9-12(11)10-16-13-3-5-14(17-2)6-4-13/h7-9,13-14,16H,3-6,10H2,1-2H3. The van der Waals surface area contributed by atoms with Gasteiger partial charge in [0.2, 0.25) is 0 Å². The maximum Gasteiger partial charge on any atom is 0.0315 e. The summed E-state index contributed by atoms with van der Waals surface area (Å²) in [5.74, 6) is 0. The van der Waals surface area contributed by atoms with Crippen molar-refractivity contribution in [1.82, 2.24) is 10.3 Å². The fraction of sp³-hybridized carbons (Fsp3) is 0.643. The van der Waals surface area contributed by atoms with E-state index in [2.05, 4.69) is 29.5 Å². The maximum atomic E-state index is 4.19. The van der Waals surface area contributed by atoms with Crippen LogP contribution in [0.15, 0.2) is 18.5 Å². The van der Waals surface area contributed by atoms with E-state index in [9.17, 15) is 0 Å². The molecule has 1 N–H and O–H groups in total. The minimum Gasteiger partial charge on any atom is -0.310 e. The van der Waals surface area contributed by atoms with E-state index in [1.54, 1.807) is 0 Å². The second-order valence-corrected chi connectivity index (χ2v) is 6.03. The van der Waals surface area contributed by atoms with E-state index in [-0.39, 0.29) is 0 Å². The largest absolute Gasteiger partial charge is 0.310 e. The van der Waals surface area contributed by atoms with Gasteiger partial charge in [-0.15, -0.1) is 0 Å². The second kappa shape index (κ2) is 6.41. The van der Waals surface area contributed by atoms with Crippen LogP contribution < -0.4 is 5.32 Å². The van der Waals surface area contributed by atoms with Crippen LogP contribution in [0.5, 0.6) is 0 Å². The zero-order valence-corrected chi connectivity index (χ0v) is 11.6. The molecule has 1 aliphatic carbocycles. The highest BCUT2D eigenvalue weighted by Crippen LogP contribution is 2.26. The summed E-state index contributed by atoms with van der Waals surface area (Å²) in [6.07, 6.45) is 11.5. The van der Waals surface area contributed by atoms with Gasteiger partial charge >= 0.3 is 0 Å². The number of thioether (sulfide) groups is 1. The smallest absolute Gasteiger partial charge is 0.0315 e. The van der Waals surface area contributed by atoms with Crippen molar-refractivity contribution in [2.45, 2.75) is 50.4 Å². The maximum absolute atomic E-state index is 4.19. The minimum atomic E-state index is 0.706. The number of hydrogen-bond acceptors (Lipinski definition) is 3. The number of aryl methyl sites for hydroxylation is 1. The van der Waals surface area contributed by atoms with E-state index >= 15 is 0 Å². The van der Waals surface area contributed by atoms with Crippen molar-refractivity contribution in [3.05, 3.63) is 29.6 Å². The quantitative estimate of drug-likeness (QED) is 0.888. The monoisotopic (exact) mass is 250 g/mol. The van der Waals surface area contributed by atoms with Crippen molar-refractivity contribution in [3.63, 3.8) is 0 Å². The van der Waals surface area contributed by atoms with Gasteiger partial charge in [-0.3, -0.25) is 4.98 Å². The Bertz CT molecular complexity index is 346. The van der Waals surface area contributed by atoms with Crippen LogP contribution in [0, 0.1) is 6.92 Å². The molecule has 1 aliphatic rings. The van der Waals surface area contributed by atoms with Crippen LogP contribution in [-0.2, 0) is 6.54 Å².